The molecule has 2 nitrogen and oxygen atoms in total. The van der Waals surface area contributed by atoms with E-state index in [9.17, 15) is 9.59 Å². The predicted octanol–water partition coefficient (Wildman–Crippen LogP) is 3.25. The maximum atomic E-state index is 12.7. The summed E-state index contributed by atoms with van der Waals surface area (Å²) in [4.78, 5) is 26.6. The van der Waals surface area contributed by atoms with Crippen LogP contribution in [0.2, 0.25) is 0 Å². The Morgan fingerprint density at radius 3 is 2.40 bits per heavy atom. The minimum atomic E-state index is -0.103. The Morgan fingerprint density at radius 2 is 1.65 bits per heavy atom. The Hall–Kier alpha value is -1.61. The summed E-state index contributed by atoms with van der Waals surface area (Å²) < 4.78 is 0. The number of ketones is 2. The number of hydrogen-bond acceptors (Lipinski definition) is 3. The molecule has 0 heterocycles. The highest BCUT2D eigenvalue weighted by Crippen LogP contribution is 2.52. The minimum absolute atomic E-state index is 0.0855. The van der Waals surface area contributed by atoms with E-state index in [1.807, 2.05) is 30.3 Å². The van der Waals surface area contributed by atoms with Gasteiger partial charge in [-0.2, -0.15) is 0 Å². The predicted molar refractivity (Wildman–Crippen MR) is 78.1 cm³/mol. The van der Waals surface area contributed by atoms with Gasteiger partial charge >= 0.3 is 0 Å². The molecule has 0 radical (unpaired) electrons. The van der Waals surface area contributed by atoms with Gasteiger partial charge in [0.1, 0.15) is 0 Å². The summed E-state index contributed by atoms with van der Waals surface area (Å²) in [5, 5.41) is 0. The second kappa shape index (κ2) is 4.45. The molecule has 0 saturated heterocycles. The minimum Gasteiger partial charge on any atom is -0.294 e. The third-order valence-corrected chi connectivity index (χ3v) is 5.62. The Morgan fingerprint density at radius 1 is 0.950 bits per heavy atom. The molecule has 20 heavy (non-hydrogen) atoms. The summed E-state index contributed by atoms with van der Waals surface area (Å²) in [5.41, 5.74) is 0. The molecule has 4 rings (SSSR count). The van der Waals surface area contributed by atoms with Crippen LogP contribution in [0.15, 0.2) is 58.4 Å². The molecular formula is C17H14O2S. The van der Waals surface area contributed by atoms with Crippen LogP contribution in [0, 0.1) is 23.7 Å². The van der Waals surface area contributed by atoms with Crippen LogP contribution < -0.4 is 0 Å². The Balaban J connectivity index is 1.66. The zero-order chi connectivity index (χ0) is 13.7. The van der Waals surface area contributed by atoms with Crippen LogP contribution in [-0.4, -0.2) is 11.6 Å². The highest BCUT2D eigenvalue weighted by Gasteiger charge is 2.53. The Bertz CT molecular complexity index is 644. The molecule has 3 heteroatoms. The van der Waals surface area contributed by atoms with Gasteiger partial charge in [0.15, 0.2) is 11.6 Å². The molecule has 0 aliphatic heterocycles. The van der Waals surface area contributed by atoms with Gasteiger partial charge in [0.25, 0.3) is 0 Å². The van der Waals surface area contributed by atoms with Crippen molar-refractivity contribution in [1.29, 1.82) is 0 Å². The normalized spacial score (nSPS) is 34.3. The molecule has 3 aliphatic carbocycles. The van der Waals surface area contributed by atoms with Crippen molar-refractivity contribution in [1.82, 2.24) is 0 Å². The van der Waals surface area contributed by atoms with Crippen molar-refractivity contribution in [2.45, 2.75) is 11.3 Å². The largest absolute Gasteiger partial charge is 0.294 e. The van der Waals surface area contributed by atoms with Crippen LogP contribution in [0.3, 0.4) is 0 Å². The molecule has 100 valence electrons. The summed E-state index contributed by atoms with van der Waals surface area (Å²) in [6, 6.07) is 9.78. The molecule has 0 spiro atoms. The number of carbonyl (C=O) groups is 2. The summed E-state index contributed by atoms with van der Waals surface area (Å²) in [5.74, 6) is 0.694. The van der Waals surface area contributed by atoms with Gasteiger partial charge in [-0.1, -0.05) is 42.1 Å². The van der Waals surface area contributed by atoms with E-state index in [1.54, 1.807) is 6.08 Å². The summed E-state index contributed by atoms with van der Waals surface area (Å²) in [6.07, 6.45) is 6.81. The number of Topliss-reactive ketones (excluding diaryl/α,β-unsaturated/α-hetero) is 1. The van der Waals surface area contributed by atoms with Gasteiger partial charge in [0.05, 0.1) is 4.91 Å². The van der Waals surface area contributed by atoms with Gasteiger partial charge in [0, 0.05) is 16.7 Å². The molecule has 4 atom stereocenters. The van der Waals surface area contributed by atoms with E-state index in [4.69, 9.17) is 0 Å². The fourth-order valence-electron chi connectivity index (χ4n) is 3.72. The van der Waals surface area contributed by atoms with Gasteiger partial charge in [-0.15, -0.1) is 0 Å². The van der Waals surface area contributed by atoms with Crippen molar-refractivity contribution in [3.63, 3.8) is 0 Å². The van der Waals surface area contributed by atoms with Gasteiger partial charge < -0.3 is 0 Å². The molecule has 0 aromatic heterocycles. The monoisotopic (exact) mass is 282 g/mol. The van der Waals surface area contributed by atoms with Crippen molar-refractivity contribution in [2.24, 2.45) is 23.7 Å². The standard InChI is InChI=1S/C17H14O2S/c18-13-9-14(20-12-4-2-1-3-5-12)17(19)16-11-7-6-10(8-11)15(13)16/h1-7,9-11,15-16H,8H2. The topological polar surface area (TPSA) is 34.1 Å². The van der Waals surface area contributed by atoms with Crippen LogP contribution in [0.25, 0.3) is 0 Å². The van der Waals surface area contributed by atoms with E-state index in [1.165, 1.54) is 11.8 Å². The molecule has 3 aliphatic rings. The highest BCUT2D eigenvalue weighted by molar-refractivity contribution is 8.04. The second-order valence-electron chi connectivity index (χ2n) is 5.69. The lowest BCUT2D eigenvalue weighted by Gasteiger charge is -2.29. The van der Waals surface area contributed by atoms with E-state index in [0.717, 1.165) is 11.3 Å². The second-order valence-corrected chi connectivity index (χ2v) is 6.81. The number of rotatable bonds is 2. The Kier molecular flexibility index (Phi) is 2.71. The van der Waals surface area contributed by atoms with Gasteiger partial charge in [-0.3, -0.25) is 9.59 Å². The molecule has 2 bridgehead atoms. The van der Waals surface area contributed by atoms with Gasteiger partial charge in [-0.05, 0) is 36.5 Å². The van der Waals surface area contributed by atoms with E-state index >= 15 is 0 Å². The van der Waals surface area contributed by atoms with Crippen LogP contribution in [0.5, 0.6) is 0 Å². The van der Waals surface area contributed by atoms with Crippen molar-refractivity contribution >= 4 is 23.3 Å². The zero-order valence-electron chi connectivity index (χ0n) is 10.9. The molecule has 1 aromatic carbocycles. The fraction of sp³-hybridized carbons (Fsp3) is 0.294. The molecule has 0 N–H and O–H groups in total. The maximum Gasteiger partial charge on any atom is 0.174 e. The number of allylic oxidation sites excluding steroid dienone is 4. The van der Waals surface area contributed by atoms with Crippen molar-refractivity contribution in [3.05, 3.63) is 53.5 Å². The number of benzene rings is 1. The third-order valence-electron chi connectivity index (χ3n) is 4.58. The van der Waals surface area contributed by atoms with Crippen LogP contribution in [0.4, 0.5) is 0 Å². The molecule has 0 amide bonds. The number of hydrogen-bond donors (Lipinski definition) is 0. The summed E-state index contributed by atoms with van der Waals surface area (Å²) in [7, 11) is 0. The van der Waals surface area contributed by atoms with E-state index in [2.05, 4.69) is 12.2 Å². The van der Waals surface area contributed by atoms with Crippen molar-refractivity contribution in [2.75, 3.05) is 0 Å². The van der Waals surface area contributed by atoms with E-state index < -0.39 is 0 Å². The molecular weight excluding hydrogens is 268 g/mol. The van der Waals surface area contributed by atoms with Gasteiger partial charge in [0.2, 0.25) is 0 Å². The van der Waals surface area contributed by atoms with E-state index in [0.29, 0.717) is 10.8 Å². The summed E-state index contributed by atoms with van der Waals surface area (Å²) in [6.45, 7) is 0. The van der Waals surface area contributed by atoms with Crippen molar-refractivity contribution < 1.29 is 9.59 Å². The number of thioether (sulfide) groups is 1. The Labute approximate surface area is 121 Å². The lowest BCUT2D eigenvalue weighted by molar-refractivity contribution is -0.129. The molecule has 1 aromatic rings. The number of carbonyl (C=O) groups excluding carboxylic acids is 2. The molecule has 1 saturated carbocycles. The van der Waals surface area contributed by atoms with Crippen molar-refractivity contribution in [3.8, 4) is 0 Å². The molecule has 1 fully saturated rings. The first-order valence-electron chi connectivity index (χ1n) is 6.95. The first kappa shape index (κ1) is 12.2. The van der Waals surface area contributed by atoms with Gasteiger partial charge in [-0.25, -0.2) is 0 Å². The van der Waals surface area contributed by atoms with Crippen LogP contribution >= 0.6 is 11.8 Å². The highest BCUT2D eigenvalue weighted by atomic mass is 32.2. The lowest BCUT2D eigenvalue weighted by Crippen LogP contribution is -2.36. The fourth-order valence-corrected chi connectivity index (χ4v) is 4.68. The average Bonchev–Trinajstić information content (AvgIpc) is 3.06. The van der Waals surface area contributed by atoms with E-state index in [-0.39, 0.29) is 29.3 Å². The zero-order valence-corrected chi connectivity index (χ0v) is 11.7. The quantitative estimate of drug-likeness (QED) is 0.781. The first-order valence-corrected chi connectivity index (χ1v) is 7.76. The SMILES string of the molecule is O=C1C=C(Sc2ccccc2)C(=O)C2C3C=CC(C3)C12. The van der Waals surface area contributed by atoms with Crippen LogP contribution in [-0.2, 0) is 9.59 Å². The number of fused-ring (bicyclic) bond motifs is 5. The lowest BCUT2D eigenvalue weighted by atomic mass is 9.75. The molecule has 4 unspecified atom stereocenters. The average molecular weight is 282 g/mol. The van der Waals surface area contributed by atoms with Crippen LogP contribution in [0.1, 0.15) is 6.42 Å². The maximum absolute atomic E-state index is 12.7. The first-order chi connectivity index (χ1) is 9.74. The summed E-state index contributed by atoms with van der Waals surface area (Å²) >= 11 is 1.42. The third kappa shape index (κ3) is 1.73. The smallest absolute Gasteiger partial charge is 0.174 e.